The summed E-state index contributed by atoms with van der Waals surface area (Å²) < 4.78 is 0. The van der Waals surface area contributed by atoms with Crippen molar-refractivity contribution in [1.82, 2.24) is 5.32 Å². The molecule has 0 unspecified atom stereocenters. The molecule has 0 aliphatic rings. The van der Waals surface area contributed by atoms with E-state index in [2.05, 4.69) is 5.32 Å². The van der Waals surface area contributed by atoms with E-state index in [4.69, 9.17) is 0 Å². The van der Waals surface area contributed by atoms with E-state index in [1.807, 2.05) is 20.8 Å². The van der Waals surface area contributed by atoms with Gasteiger partial charge >= 0.3 is 0 Å². The van der Waals surface area contributed by atoms with Gasteiger partial charge in [-0.1, -0.05) is 13.8 Å². The van der Waals surface area contributed by atoms with Gasteiger partial charge in [0, 0.05) is 26.7 Å². The molecule has 0 atom stereocenters. The van der Waals surface area contributed by atoms with Crippen LogP contribution in [-0.2, 0) is 9.59 Å². The summed E-state index contributed by atoms with van der Waals surface area (Å²) >= 11 is 0. The summed E-state index contributed by atoms with van der Waals surface area (Å²) in [6.45, 7) is 6.19. The van der Waals surface area contributed by atoms with Crippen molar-refractivity contribution < 1.29 is 11.0 Å². The first-order valence-electron chi connectivity index (χ1n) is 4.37. The van der Waals surface area contributed by atoms with E-state index < -0.39 is 0 Å². The van der Waals surface area contributed by atoms with Crippen molar-refractivity contribution >= 4 is 11.7 Å². The fourth-order valence-corrected chi connectivity index (χ4v) is 0.811. The van der Waals surface area contributed by atoms with Crippen LogP contribution in [-0.4, -0.2) is 18.2 Å². The van der Waals surface area contributed by atoms with Crippen molar-refractivity contribution in [3.8, 4) is 0 Å². The topological polar surface area (TPSA) is 46.2 Å². The molecule has 0 saturated heterocycles. The second-order valence-electron chi connectivity index (χ2n) is 3.07. The lowest BCUT2D eigenvalue weighted by Crippen LogP contribution is -2.23. The molecule has 0 bridgehead atoms. The Balaban J connectivity index is 0. The molecule has 3 heteroatoms. The van der Waals surface area contributed by atoms with Gasteiger partial charge < -0.3 is 5.32 Å². The average molecular weight is 173 g/mol. The minimum absolute atomic E-state index is 0. The predicted octanol–water partition coefficient (Wildman–Crippen LogP) is 1.37. The van der Waals surface area contributed by atoms with Crippen LogP contribution in [0.1, 0.15) is 35.0 Å². The minimum atomic E-state index is -0.0356. The lowest BCUT2D eigenvalue weighted by atomic mass is 10.0. The molecular weight excluding hydrogens is 154 g/mol. The zero-order valence-electron chi connectivity index (χ0n) is 8.02. The lowest BCUT2D eigenvalue weighted by molar-refractivity contribution is -0.126. The summed E-state index contributed by atoms with van der Waals surface area (Å²) in [5.74, 6) is 0.159. The Bertz CT molecular complexity index is 169. The highest BCUT2D eigenvalue weighted by atomic mass is 16.2. The average Bonchev–Trinajstić information content (AvgIpc) is 2.00. The fourth-order valence-electron chi connectivity index (χ4n) is 0.811. The smallest absolute Gasteiger partial charge is 0.220 e. The van der Waals surface area contributed by atoms with Gasteiger partial charge in [0.2, 0.25) is 5.91 Å². The summed E-state index contributed by atoms with van der Waals surface area (Å²) in [7, 11) is 0. The van der Waals surface area contributed by atoms with Gasteiger partial charge in [-0.05, 0) is 6.92 Å². The van der Waals surface area contributed by atoms with Crippen LogP contribution in [0.2, 0.25) is 0 Å². The second-order valence-corrected chi connectivity index (χ2v) is 3.07. The van der Waals surface area contributed by atoms with Crippen LogP contribution in [0.4, 0.5) is 0 Å². The quantitative estimate of drug-likeness (QED) is 0.682. The molecular formula is C9H19NO2. The van der Waals surface area contributed by atoms with Crippen molar-refractivity contribution in [2.45, 2.75) is 33.6 Å². The normalized spacial score (nSPS) is 10.0. The van der Waals surface area contributed by atoms with E-state index in [0.717, 1.165) is 0 Å². The SMILES string of the molecule is CCNC(=O)CCC(=O)C(C)C.[HH]. The van der Waals surface area contributed by atoms with Crippen molar-refractivity contribution in [3.63, 3.8) is 0 Å². The van der Waals surface area contributed by atoms with Crippen LogP contribution in [0.25, 0.3) is 0 Å². The second kappa shape index (κ2) is 5.75. The zero-order valence-corrected chi connectivity index (χ0v) is 8.02. The van der Waals surface area contributed by atoms with E-state index in [1.54, 1.807) is 0 Å². The maximum atomic E-state index is 11.1. The molecule has 0 aliphatic heterocycles. The van der Waals surface area contributed by atoms with Crippen LogP contribution >= 0.6 is 0 Å². The molecule has 72 valence electrons. The first-order chi connectivity index (χ1) is 5.57. The number of ketones is 1. The Kier molecular flexibility index (Phi) is 5.34. The monoisotopic (exact) mass is 173 g/mol. The molecule has 0 heterocycles. The highest BCUT2D eigenvalue weighted by Crippen LogP contribution is 2.01. The van der Waals surface area contributed by atoms with E-state index in [1.165, 1.54) is 0 Å². The first-order valence-corrected chi connectivity index (χ1v) is 4.37. The number of amides is 1. The third kappa shape index (κ3) is 4.88. The molecule has 0 fully saturated rings. The van der Waals surface area contributed by atoms with Crippen LogP contribution in [0, 0.1) is 5.92 Å². The van der Waals surface area contributed by atoms with Crippen molar-refractivity contribution in [3.05, 3.63) is 0 Å². The largest absolute Gasteiger partial charge is 0.356 e. The summed E-state index contributed by atoms with van der Waals surface area (Å²) in [5.41, 5.74) is 0. The Labute approximate surface area is 75.0 Å². The Morgan fingerprint density at radius 2 is 1.92 bits per heavy atom. The van der Waals surface area contributed by atoms with Crippen LogP contribution in [0.15, 0.2) is 0 Å². The Hall–Kier alpha value is -0.860. The van der Waals surface area contributed by atoms with Gasteiger partial charge in [-0.25, -0.2) is 0 Å². The minimum Gasteiger partial charge on any atom is -0.356 e. The molecule has 3 nitrogen and oxygen atoms in total. The van der Waals surface area contributed by atoms with E-state index in [-0.39, 0.29) is 19.0 Å². The molecule has 0 saturated carbocycles. The highest BCUT2D eigenvalue weighted by molar-refractivity contribution is 5.85. The van der Waals surface area contributed by atoms with Gasteiger partial charge in [-0.3, -0.25) is 9.59 Å². The van der Waals surface area contributed by atoms with Gasteiger partial charge in [0.05, 0.1) is 0 Å². The molecule has 0 spiro atoms. The standard InChI is InChI=1S/C9H17NO2.H2/c1-4-10-9(12)6-5-8(11)7(2)3;/h7H,4-6H2,1-3H3,(H,10,12);1H. The predicted molar refractivity (Wildman–Crippen MR) is 49.9 cm³/mol. The van der Waals surface area contributed by atoms with E-state index >= 15 is 0 Å². The van der Waals surface area contributed by atoms with Crippen molar-refractivity contribution in [1.29, 1.82) is 0 Å². The van der Waals surface area contributed by atoms with Gasteiger partial charge in [-0.2, -0.15) is 0 Å². The summed E-state index contributed by atoms with van der Waals surface area (Å²) in [4.78, 5) is 22.0. The van der Waals surface area contributed by atoms with Crippen molar-refractivity contribution in [2.75, 3.05) is 6.54 Å². The Morgan fingerprint density at radius 3 is 2.33 bits per heavy atom. The van der Waals surface area contributed by atoms with Gasteiger partial charge in [0.1, 0.15) is 5.78 Å². The molecule has 0 rings (SSSR count). The van der Waals surface area contributed by atoms with E-state index in [9.17, 15) is 9.59 Å². The van der Waals surface area contributed by atoms with Gasteiger partial charge in [-0.15, -0.1) is 0 Å². The summed E-state index contributed by atoms with van der Waals surface area (Å²) in [5, 5.41) is 2.65. The molecule has 0 aliphatic carbocycles. The number of rotatable bonds is 5. The number of hydrogen-bond acceptors (Lipinski definition) is 2. The number of carbonyl (C=O) groups excluding carboxylic acids is 2. The molecule has 0 aromatic heterocycles. The van der Waals surface area contributed by atoms with Crippen LogP contribution < -0.4 is 5.32 Å². The molecule has 1 amide bonds. The molecule has 1 N–H and O–H groups in total. The number of nitrogens with one attached hydrogen (secondary N) is 1. The van der Waals surface area contributed by atoms with E-state index in [0.29, 0.717) is 19.4 Å². The van der Waals surface area contributed by atoms with Gasteiger partial charge in [0.25, 0.3) is 0 Å². The molecule has 0 aromatic rings. The molecule has 0 radical (unpaired) electrons. The van der Waals surface area contributed by atoms with Gasteiger partial charge in [0.15, 0.2) is 0 Å². The molecule has 12 heavy (non-hydrogen) atoms. The Morgan fingerprint density at radius 1 is 1.33 bits per heavy atom. The number of Topliss-reactive ketones (excluding diaryl/α,β-unsaturated/α-hetero) is 1. The van der Waals surface area contributed by atoms with Crippen molar-refractivity contribution in [2.24, 2.45) is 5.92 Å². The number of hydrogen-bond donors (Lipinski definition) is 1. The fraction of sp³-hybridized carbons (Fsp3) is 0.778. The van der Waals surface area contributed by atoms with Crippen LogP contribution in [0.5, 0.6) is 0 Å². The summed E-state index contributed by atoms with van der Waals surface area (Å²) in [6, 6.07) is 0. The summed E-state index contributed by atoms with van der Waals surface area (Å²) in [6.07, 6.45) is 0.689. The number of carbonyl (C=O) groups is 2. The first kappa shape index (κ1) is 11.1. The third-order valence-electron chi connectivity index (χ3n) is 1.62. The maximum absolute atomic E-state index is 11.1. The zero-order chi connectivity index (χ0) is 9.56. The highest BCUT2D eigenvalue weighted by Gasteiger charge is 2.08. The third-order valence-corrected chi connectivity index (χ3v) is 1.62. The van der Waals surface area contributed by atoms with Crippen LogP contribution in [0.3, 0.4) is 0 Å². The maximum Gasteiger partial charge on any atom is 0.220 e. The lowest BCUT2D eigenvalue weighted by Gasteiger charge is -2.03. The molecule has 0 aromatic carbocycles.